The summed E-state index contributed by atoms with van der Waals surface area (Å²) in [5, 5.41) is 53.0. The van der Waals surface area contributed by atoms with Gasteiger partial charge in [0.25, 0.3) is 0 Å². The van der Waals surface area contributed by atoms with Crippen LogP contribution in [0.25, 0.3) is 10.9 Å². The molecule has 1 aromatic heterocycles. The Hall–Kier alpha value is -13.0. The van der Waals surface area contributed by atoms with Crippen LogP contribution in [0.4, 0.5) is 0 Å². The van der Waals surface area contributed by atoms with E-state index in [9.17, 15) is 53.7 Å². The van der Waals surface area contributed by atoms with Crippen molar-refractivity contribution in [3.05, 3.63) is 203 Å². The zero-order chi connectivity index (χ0) is 94.3. The summed E-state index contributed by atoms with van der Waals surface area (Å²) in [5.41, 5.74) is 15.7. The summed E-state index contributed by atoms with van der Waals surface area (Å²) < 4.78 is 0. The van der Waals surface area contributed by atoms with Gasteiger partial charge < -0.3 is 104 Å². The number of amides is 14. The SMILES string of the molecule is CCCC[C@@H](C(=O)N1CCC[C@@H]1C(=O)N[C@H](C=O)CO)N(C)C(=O)C(Cc1ccccc1)N(C)C(=O)[C@H](Cc1ccccc1)NC(=O)CSC[C@H](NC(=O)[C@H](CC(C)C)NC(=O)[C@H](Cc1ccc(O)cc1)NC(=O)[C@H](Cc1c[nH]c2ccccc12)NC(=O)[C@H]1CCCCN1C(=O)[C@H](Cc1ccc(O)cc1)NC(=O)C(Cc1ccccc1)N(C)C(=O)[C@H](C)N)C(=O)NCC(N)=O. The van der Waals surface area contributed by atoms with Crippen molar-refractivity contribution in [3.8, 4) is 11.5 Å². The Kier molecular flexibility index (Phi) is 38.4. The topological polar surface area (TPSA) is 497 Å². The van der Waals surface area contributed by atoms with Crippen LogP contribution in [0.2, 0.25) is 0 Å². The zero-order valence-electron chi connectivity index (χ0n) is 74.4. The molecule has 0 aliphatic carbocycles. The fourth-order valence-electron chi connectivity index (χ4n) is 16.1. The molecule has 2 aliphatic rings. The minimum atomic E-state index is -1.57. The van der Waals surface area contributed by atoms with Crippen LogP contribution in [0.1, 0.15) is 119 Å². The summed E-state index contributed by atoms with van der Waals surface area (Å²) in [6.07, 6.45) is 4.30. The Balaban J connectivity index is 0.950. The van der Waals surface area contributed by atoms with Gasteiger partial charge in [0.1, 0.15) is 90.3 Å². The van der Waals surface area contributed by atoms with Gasteiger partial charge >= 0.3 is 0 Å². The second kappa shape index (κ2) is 49.5. The summed E-state index contributed by atoms with van der Waals surface area (Å²) in [7, 11) is 4.33. The number of nitrogens with two attached hydrogens (primary N) is 2. The summed E-state index contributed by atoms with van der Waals surface area (Å²) in [5.74, 6) is -11.8. The number of benzene rings is 6. The highest BCUT2D eigenvalue weighted by Crippen LogP contribution is 2.28. The number of phenols is 2. The molecule has 6 aromatic carbocycles. The van der Waals surface area contributed by atoms with Gasteiger partial charge in [0.05, 0.1) is 24.9 Å². The molecule has 2 fully saturated rings. The van der Waals surface area contributed by atoms with Crippen molar-refractivity contribution < 1.29 is 87.2 Å². The number of carbonyl (C=O) groups is 15. The average Bonchev–Trinajstić information content (AvgIpc) is 1.26. The number of aliphatic hydroxyl groups excluding tert-OH is 1. The van der Waals surface area contributed by atoms with Gasteiger partial charge in [-0.2, -0.15) is 0 Å². The standard InChI is InChI=1S/C95H122N16O18S/c1-8-9-32-79(95(129)111-44-23-34-78(111)88(122)100-66(54-112)55-113)107(5)94(128)81(50-62-28-17-12-18-29-62)109(7)92(126)74(47-60-24-13-10-14-25-60)101-83(117)57-130-56-76(84(118)99-53-82(97)116)106-85(119)71(45-58(2)3)102-86(120)72(46-63-35-39-67(114)40-36-63)103-87(121)73(51-65-52-98-70-31-20-19-30-69(65)70)104-89(123)77-33-21-22-43-110(77)93(127)75(48-64-37-41-68(115)42-38-64)105-90(124)80(108(6)91(125)59(4)96)49-61-26-15-11-16-27-61/h10-20,24-31,35-42,52,54,58-59,66,71-81,98,113-115H,8-9,21-23,32-34,43-51,53,55-57,96H2,1-7H3,(H2,97,116)(H,99,118)(H,100,122)(H,101,117)(H,102,120)(H,103,121)(H,104,123)(H,105,124)(H,106,119)/t59-,66+,71-,72-,73-,74-,75-,76-,77+,78+,79-,80?,81?/m0/s1. The van der Waals surface area contributed by atoms with E-state index in [-0.39, 0.29) is 100 Å². The molecule has 35 heteroatoms. The summed E-state index contributed by atoms with van der Waals surface area (Å²) >= 11 is 0.851. The van der Waals surface area contributed by atoms with Crippen LogP contribution < -0.4 is 54.0 Å². The number of thioether (sulfide) groups is 1. The number of fused-ring (bicyclic) bond motifs is 1. The monoisotopic (exact) mass is 1810 g/mol. The predicted octanol–water partition coefficient (Wildman–Crippen LogP) is 2.69. The number of nitrogens with one attached hydrogen (secondary N) is 9. The predicted molar refractivity (Wildman–Crippen MR) is 489 cm³/mol. The molecule has 0 radical (unpaired) electrons. The smallest absolute Gasteiger partial charge is 0.246 e. The Labute approximate surface area is 760 Å². The molecule has 0 bridgehead atoms. The van der Waals surface area contributed by atoms with Crippen molar-refractivity contribution >= 4 is 112 Å². The Morgan fingerprint density at radius 1 is 0.500 bits per heavy atom. The highest BCUT2D eigenvalue weighted by molar-refractivity contribution is 8.00. The zero-order valence-corrected chi connectivity index (χ0v) is 75.3. The van der Waals surface area contributed by atoms with Gasteiger partial charge in [-0.3, -0.25) is 67.1 Å². The van der Waals surface area contributed by atoms with Crippen molar-refractivity contribution in [2.75, 3.05) is 58.9 Å². The number of rotatable bonds is 47. The lowest BCUT2D eigenvalue weighted by Crippen LogP contribution is -2.62. The third-order valence-corrected chi connectivity index (χ3v) is 24.3. The summed E-state index contributed by atoms with van der Waals surface area (Å²) in [6.45, 7) is 5.80. The number of aromatic amines is 1. The molecule has 2 saturated heterocycles. The normalized spacial score (nSPS) is 16.2. The van der Waals surface area contributed by atoms with E-state index in [1.165, 1.54) is 89.0 Å². The highest BCUT2D eigenvalue weighted by atomic mass is 32.2. The second-order valence-corrected chi connectivity index (χ2v) is 34.7. The fraction of sp³-hybridized carbons (Fsp3) is 0.442. The molecule has 0 spiro atoms. The van der Waals surface area contributed by atoms with E-state index in [1.54, 1.807) is 135 Å². The van der Waals surface area contributed by atoms with E-state index in [1.807, 2.05) is 19.1 Å². The molecular weight excluding hydrogens is 1690 g/mol. The van der Waals surface area contributed by atoms with Crippen LogP contribution in [0.3, 0.4) is 0 Å². The number of nitrogens with zero attached hydrogens (tertiary/aromatic N) is 5. The number of piperidine rings is 1. The summed E-state index contributed by atoms with van der Waals surface area (Å²) in [4.78, 5) is 227. The number of aliphatic hydroxyl groups is 1. The van der Waals surface area contributed by atoms with Crippen LogP contribution in [-0.4, -0.2) is 271 Å². The first-order valence-electron chi connectivity index (χ1n) is 44.0. The maximum Gasteiger partial charge on any atom is 0.246 e. The lowest BCUT2D eigenvalue weighted by molar-refractivity contribution is -0.152. The Bertz CT molecular complexity index is 5030. The molecule has 14 amide bonds. The number of aldehydes is 1. The molecule has 13 atom stereocenters. The Morgan fingerprint density at radius 2 is 0.977 bits per heavy atom. The number of primary amides is 1. The first-order chi connectivity index (χ1) is 62.2. The van der Waals surface area contributed by atoms with E-state index >= 15 is 33.6 Å². The molecule has 2 aliphatic heterocycles. The molecule has 0 saturated carbocycles. The number of hydrogen-bond acceptors (Lipinski definition) is 20. The summed E-state index contributed by atoms with van der Waals surface area (Å²) in [6, 6.07) is 28.7. The van der Waals surface area contributed by atoms with Crippen LogP contribution in [-0.2, 0) is 110 Å². The van der Waals surface area contributed by atoms with Crippen LogP contribution in [0.15, 0.2) is 170 Å². The van der Waals surface area contributed by atoms with E-state index < -0.39 is 180 Å². The fourth-order valence-corrected chi connectivity index (χ4v) is 17.0. The van der Waals surface area contributed by atoms with Crippen molar-refractivity contribution in [2.24, 2.45) is 17.4 Å². The average molecular weight is 1810 g/mol. The number of aromatic nitrogens is 1. The minimum absolute atomic E-state index is 0.0348. The van der Waals surface area contributed by atoms with Crippen LogP contribution in [0, 0.1) is 5.92 Å². The van der Waals surface area contributed by atoms with Crippen molar-refractivity contribution in [3.63, 3.8) is 0 Å². The van der Waals surface area contributed by atoms with Gasteiger partial charge in [0, 0.05) is 95.6 Å². The van der Waals surface area contributed by atoms with Gasteiger partial charge in [-0.25, -0.2) is 0 Å². The quantitative estimate of drug-likeness (QED) is 0.0244. The van der Waals surface area contributed by atoms with Gasteiger partial charge in [-0.05, 0) is 121 Å². The maximum absolute atomic E-state index is 15.6. The van der Waals surface area contributed by atoms with E-state index in [4.69, 9.17) is 11.5 Å². The van der Waals surface area contributed by atoms with Gasteiger partial charge in [0.15, 0.2) is 0 Å². The number of H-pyrrole nitrogens is 1. The lowest BCUT2D eigenvalue weighted by atomic mass is 9.96. The van der Waals surface area contributed by atoms with Gasteiger partial charge in [-0.15, -0.1) is 11.8 Å². The highest BCUT2D eigenvalue weighted by Gasteiger charge is 2.45. The molecule has 7 aromatic rings. The number of likely N-dealkylation sites (N-methyl/N-ethyl adjacent to an activating group) is 3. The molecule has 130 heavy (non-hydrogen) atoms. The van der Waals surface area contributed by atoms with Crippen molar-refractivity contribution in [1.82, 2.24) is 72.0 Å². The minimum Gasteiger partial charge on any atom is -0.508 e. The lowest BCUT2D eigenvalue weighted by Gasteiger charge is -2.38. The first-order valence-corrected chi connectivity index (χ1v) is 45.1. The van der Waals surface area contributed by atoms with Crippen molar-refractivity contribution in [2.45, 2.75) is 203 Å². The molecule has 3 heterocycles. The van der Waals surface area contributed by atoms with E-state index in [0.29, 0.717) is 82.7 Å². The molecule has 34 nitrogen and oxygen atoms in total. The third-order valence-electron chi connectivity index (χ3n) is 23.3. The number of phenolic OH excluding ortho intramolecular Hbond substituents is 2. The number of carbonyl (C=O) groups excluding carboxylic acids is 15. The third kappa shape index (κ3) is 29.0. The molecule has 9 rings (SSSR count). The maximum atomic E-state index is 15.6. The second-order valence-electron chi connectivity index (χ2n) is 33.6. The van der Waals surface area contributed by atoms with Crippen LogP contribution >= 0.6 is 11.8 Å². The number of likely N-dealkylation sites (tertiary alicyclic amines) is 2. The number of para-hydroxylation sites is 1. The van der Waals surface area contributed by atoms with E-state index in [2.05, 4.69) is 47.5 Å². The first kappa shape index (κ1) is 101. The number of aromatic hydroxyl groups is 2. The van der Waals surface area contributed by atoms with E-state index in [0.717, 1.165) is 11.8 Å². The number of hydrogen-bond donors (Lipinski definition) is 14. The van der Waals surface area contributed by atoms with Crippen LogP contribution in [0.5, 0.6) is 11.5 Å². The van der Waals surface area contributed by atoms with Gasteiger partial charge in [-0.1, -0.05) is 167 Å². The molecule has 2 unspecified atom stereocenters. The molecular formula is C95H122N16O18S. The van der Waals surface area contributed by atoms with Gasteiger partial charge in [0.2, 0.25) is 82.7 Å². The van der Waals surface area contributed by atoms with Crippen molar-refractivity contribution in [1.29, 1.82) is 0 Å². The Morgan fingerprint density at radius 3 is 1.55 bits per heavy atom. The molecule has 696 valence electrons. The largest absolute Gasteiger partial charge is 0.508 e. The number of unbranched alkanes of at least 4 members (excludes halogenated alkanes) is 1. The molecule has 16 N–H and O–H groups in total.